The summed E-state index contributed by atoms with van der Waals surface area (Å²) in [4.78, 5) is 12.0. The molecule has 0 saturated carbocycles. The second kappa shape index (κ2) is 7.81. The van der Waals surface area contributed by atoms with Crippen LogP contribution in [-0.4, -0.2) is 53.8 Å². The van der Waals surface area contributed by atoms with Gasteiger partial charge in [-0.05, 0) is 19.1 Å². The van der Waals surface area contributed by atoms with E-state index < -0.39 is 0 Å². The number of nitrogens with zero attached hydrogens (tertiary/aromatic N) is 3. The van der Waals surface area contributed by atoms with Gasteiger partial charge in [0.05, 0.1) is 18.7 Å². The molecule has 26 heavy (non-hydrogen) atoms. The van der Waals surface area contributed by atoms with Crippen molar-refractivity contribution in [2.45, 2.75) is 13.0 Å². The van der Waals surface area contributed by atoms with Gasteiger partial charge in [-0.25, -0.2) is 9.97 Å². The summed E-state index contributed by atoms with van der Waals surface area (Å²) < 4.78 is 5.45. The van der Waals surface area contributed by atoms with Crippen LogP contribution in [0.4, 0.5) is 5.82 Å². The highest BCUT2D eigenvalue weighted by Crippen LogP contribution is 2.24. The van der Waals surface area contributed by atoms with Gasteiger partial charge >= 0.3 is 0 Å². The minimum atomic E-state index is 0.424. The van der Waals surface area contributed by atoms with Crippen LogP contribution < -0.4 is 5.32 Å². The summed E-state index contributed by atoms with van der Waals surface area (Å²) in [5.41, 5.74) is 1.99. The van der Waals surface area contributed by atoms with Crippen LogP contribution >= 0.6 is 0 Å². The molecule has 5 heteroatoms. The quantitative estimate of drug-likeness (QED) is 0.765. The predicted octanol–water partition coefficient (Wildman–Crippen LogP) is 3.43. The summed E-state index contributed by atoms with van der Waals surface area (Å²) in [5, 5.41) is 4.62. The van der Waals surface area contributed by atoms with E-state index in [1.807, 2.05) is 48.5 Å². The molecule has 1 saturated heterocycles. The summed E-state index contributed by atoms with van der Waals surface area (Å²) in [6.07, 6.45) is 0. The minimum absolute atomic E-state index is 0.424. The first kappa shape index (κ1) is 16.9. The Morgan fingerprint density at radius 1 is 1.00 bits per heavy atom. The smallest absolute Gasteiger partial charge is 0.162 e. The Bertz CT molecular complexity index is 862. The number of anilines is 1. The first-order valence-corrected chi connectivity index (χ1v) is 9.19. The average molecular weight is 348 g/mol. The molecule has 3 aromatic rings. The van der Waals surface area contributed by atoms with Crippen LogP contribution in [0.5, 0.6) is 0 Å². The minimum Gasteiger partial charge on any atom is -0.379 e. The highest BCUT2D eigenvalue weighted by molar-refractivity contribution is 5.90. The zero-order chi connectivity index (χ0) is 17.8. The third kappa shape index (κ3) is 3.69. The van der Waals surface area contributed by atoms with Gasteiger partial charge in [-0.1, -0.05) is 42.5 Å². The number of hydrogen-bond donors (Lipinski definition) is 1. The maximum Gasteiger partial charge on any atom is 0.162 e. The number of rotatable bonds is 5. The molecule has 0 aliphatic carbocycles. The normalized spacial score (nSPS) is 16.5. The Morgan fingerprint density at radius 2 is 1.73 bits per heavy atom. The van der Waals surface area contributed by atoms with Gasteiger partial charge in [-0.15, -0.1) is 0 Å². The highest BCUT2D eigenvalue weighted by Gasteiger charge is 2.17. The van der Waals surface area contributed by atoms with E-state index in [-0.39, 0.29) is 0 Å². The molecule has 0 unspecified atom stereocenters. The Balaban J connectivity index is 1.60. The van der Waals surface area contributed by atoms with E-state index in [1.54, 1.807) is 0 Å². The zero-order valence-corrected chi connectivity index (χ0v) is 15.1. The Kier molecular flexibility index (Phi) is 5.09. The van der Waals surface area contributed by atoms with Crippen LogP contribution in [-0.2, 0) is 4.74 Å². The fraction of sp³-hybridized carbons (Fsp3) is 0.333. The van der Waals surface area contributed by atoms with Gasteiger partial charge in [0.15, 0.2) is 5.82 Å². The van der Waals surface area contributed by atoms with E-state index >= 15 is 0 Å². The van der Waals surface area contributed by atoms with E-state index in [1.165, 1.54) is 0 Å². The van der Waals surface area contributed by atoms with Crippen molar-refractivity contribution >= 4 is 16.7 Å². The summed E-state index contributed by atoms with van der Waals surface area (Å²) in [7, 11) is 0. The number of para-hydroxylation sites is 1. The van der Waals surface area contributed by atoms with Crippen LogP contribution in [0, 0.1) is 0 Å². The first-order valence-electron chi connectivity index (χ1n) is 9.19. The number of aromatic nitrogens is 2. The molecule has 0 spiro atoms. The number of hydrogen-bond acceptors (Lipinski definition) is 5. The molecular weight excluding hydrogens is 324 g/mol. The fourth-order valence-electron chi connectivity index (χ4n) is 3.32. The van der Waals surface area contributed by atoms with E-state index in [0.717, 1.165) is 61.0 Å². The van der Waals surface area contributed by atoms with Crippen molar-refractivity contribution in [2.75, 3.05) is 38.2 Å². The number of ether oxygens (including phenoxy) is 1. The molecule has 1 aromatic heterocycles. The van der Waals surface area contributed by atoms with Gasteiger partial charge in [0.2, 0.25) is 0 Å². The maximum atomic E-state index is 5.45. The molecule has 1 aliphatic heterocycles. The summed E-state index contributed by atoms with van der Waals surface area (Å²) in [6, 6.07) is 18.7. The number of fused-ring (bicyclic) bond motifs is 1. The fourth-order valence-corrected chi connectivity index (χ4v) is 3.32. The summed E-state index contributed by atoms with van der Waals surface area (Å²) in [5.74, 6) is 1.65. The molecule has 0 amide bonds. The van der Waals surface area contributed by atoms with Crippen molar-refractivity contribution < 1.29 is 4.74 Å². The highest BCUT2D eigenvalue weighted by atomic mass is 16.5. The van der Waals surface area contributed by atoms with Crippen molar-refractivity contribution in [3.63, 3.8) is 0 Å². The van der Waals surface area contributed by atoms with E-state index in [4.69, 9.17) is 14.7 Å². The molecule has 4 rings (SSSR count). The molecule has 1 fully saturated rings. The number of nitrogens with one attached hydrogen (secondary N) is 1. The summed E-state index contributed by atoms with van der Waals surface area (Å²) in [6.45, 7) is 6.71. The molecule has 0 radical (unpaired) electrons. The van der Waals surface area contributed by atoms with Gasteiger partial charge in [-0.2, -0.15) is 0 Å². The SMILES string of the molecule is C[C@@H](CNc1nc(-c2ccccc2)nc2ccccc12)N1CCOCC1. The van der Waals surface area contributed by atoms with Crippen LogP contribution in [0.2, 0.25) is 0 Å². The Labute approximate surface area is 154 Å². The lowest BCUT2D eigenvalue weighted by Gasteiger charge is -2.32. The topological polar surface area (TPSA) is 50.3 Å². The van der Waals surface area contributed by atoms with Crippen molar-refractivity contribution in [1.29, 1.82) is 0 Å². The monoisotopic (exact) mass is 348 g/mol. The van der Waals surface area contributed by atoms with Crippen LogP contribution in [0.1, 0.15) is 6.92 Å². The molecule has 134 valence electrons. The number of benzene rings is 2. The maximum absolute atomic E-state index is 5.45. The van der Waals surface area contributed by atoms with Gasteiger partial charge in [0.1, 0.15) is 5.82 Å². The zero-order valence-electron chi connectivity index (χ0n) is 15.1. The standard InChI is InChI=1S/C21H24N4O/c1-16(25-11-13-26-14-12-25)15-22-21-18-9-5-6-10-19(18)23-20(24-21)17-7-3-2-4-8-17/h2-10,16H,11-15H2,1H3,(H,22,23,24)/t16-/m0/s1. The lowest BCUT2D eigenvalue weighted by molar-refractivity contribution is 0.0227. The first-order chi connectivity index (χ1) is 12.8. The van der Waals surface area contributed by atoms with Crippen molar-refractivity contribution in [1.82, 2.24) is 14.9 Å². The molecule has 1 atom stereocenters. The van der Waals surface area contributed by atoms with Crippen LogP contribution in [0.15, 0.2) is 54.6 Å². The number of morpholine rings is 1. The van der Waals surface area contributed by atoms with Crippen molar-refractivity contribution in [3.8, 4) is 11.4 Å². The van der Waals surface area contributed by atoms with Crippen molar-refractivity contribution in [2.24, 2.45) is 0 Å². The Hall–Kier alpha value is -2.50. The van der Waals surface area contributed by atoms with Gasteiger partial charge in [0.25, 0.3) is 0 Å². The molecule has 1 aliphatic rings. The van der Waals surface area contributed by atoms with Gasteiger partial charge in [0, 0.05) is 36.6 Å². The van der Waals surface area contributed by atoms with Gasteiger partial charge < -0.3 is 10.1 Å². The molecule has 2 heterocycles. The molecule has 0 bridgehead atoms. The van der Waals surface area contributed by atoms with E-state index in [0.29, 0.717) is 6.04 Å². The molecule has 2 aromatic carbocycles. The van der Waals surface area contributed by atoms with E-state index in [9.17, 15) is 0 Å². The average Bonchev–Trinajstić information content (AvgIpc) is 2.73. The molecule has 1 N–H and O–H groups in total. The molecule has 5 nitrogen and oxygen atoms in total. The van der Waals surface area contributed by atoms with Gasteiger partial charge in [-0.3, -0.25) is 4.90 Å². The van der Waals surface area contributed by atoms with Crippen molar-refractivity contribution in [3.05, 3.63) is 54.6 Å². The lowest BCUT2D eigenvalue weighted by Crippen LogP contribution is -2.45. The third-order valence-electron chi connectivity index (χ3n) is 4.87. The predicted molar refractivity (Wildman–Crippen MR) is 105 cm³/mol. The van der Waals surface area contributed by atoms with Crippen LogP contribution in [0.25, 0.3) is 22.3 Å². The Morgan fingerprint density at radius 3 is 2.54 bits per heavy atom. The lowest BCUT2D eigenvalue weighted by atomic mass is 10.1. The summed E-state index contributed by atoms with van der Waals surface area (Å²) >= 11 is 0. The third-order valence-corrected chi connectivity index (χ3v) is 4.87. The van der Waals surface area contributed by atoms with E-state index in [2.05, 4.69) is 23.2 Å². The molecular formula is C21H24N4O. The second-order valence-electron chi connectivity index (χ2n) is 6.66. The van der Waals surface area contributed by atoms with Crippen LogP contribution in [0.3, 0.4) is 0 Å². The largest absolute Gasteiger partial charge is 0.379 e. The second-order valence-corrected chi connectivity index (χ2v) is 6.66.